The van der Waals surface area contributed by atoms with Gasteiger partial charge in [-0.15, -0.1) is 0 Å². The number of aliphatic imine (C=N–C) groups is 1. The van der Waals surface area contributed by atoms with Crippen LogP contribution in [0.2, 0.25) is 0 Å². The normalized spacial score (nSPS) is 46.6. The van der Waals surface area contributed by atoms with Gasteiger partial charge in [0, 0.05) is 24.5 Å². The highest BCUT2D eigenvalue weighted by Crippen LogP contribution is 2.38. The topological polar surface area (TPSA) is 154 Å². The Morgan fingerprint density at radius 3 is 2.24 bits per heavy atom. The smallest absolute Gasteiger partial charge is 0.311 e. The van der Waals surface area contributed by atoms with Crippen LogP contribution >= 0.6 is 0 Å². The third-order valence-electron chi connectivity index (χ3n) is 9.97. The number of ether oxygens (including phenoxy) is 4. The van der Waals surface area contributed by atoms with Crippen LogP contribution in [0.1, 0.15) is 88.5 Å². The maximum atomic E-state index is 13.5. The average Bonchev–Trinajstić information content (AvgIpc) is 3.23. The molecule has 3 aliphatic heterocycles. The lowest BCUT2D eigenvalue weighted by Crippen LogP contribution is -2.59. The van der Waals surface area contributed by atoms with Crippen molar-refractivity contribution in [2.75, 3.05) is 20.6 Å². The van der Waals surface area contributed by atoms with Crippen LogP contribution in [0, 0.1) is 17.8 Å². The predicted molar refractivity (Wildman–Crippen MR) is 170 cm³/mol. The summed E-state index contributed by atoms with van der Waals surface area (Å²) in [5, 5.41) is 46.9. The first-order chi connectivity index (χ1) is 20.7. The molecule has 3 heterocycles. The fourth-order valence-electron chi connectivity index (χ4n) is 7.47. The van der Waals surface area contributed by atoms with Crippen LogP contribution in [0.25, 0.3) is 0 Å². The quantitative estimate of drug-likeness (QED) is 0.326. The van der Waals surface area contributed by atoms with Crippen molar-refractivity contribution in [2.45, 2.75) is 161 Å². The van der Waals surface area contributed by atoms with Crippen LogP contribution in [-0.4, -0.2) is 135 Å². The van der Waals surface area contributed by atoms with Crippen LogP contribution in [-0.2, 0) is 23.7 Å². The second kappa shape index (κ2) is 14.7. The van der Waals surface area contributed by atoms with E-state index in [0.29, 0.717) is 25.4 Å². The molecule has 14 atom stereocenters. The molecule has 0 aliphatic carbocycles. The number of aliphatic hydroxyl groups is 4. The van der Waals surface area contributed by atoms with Gasteiger partial charge in [-0.25, -0.2) is 4.99 Å². The third kappa shape index (κ3) is 8.31. The van der Waals surface area contributed by atoms with Gasteiger partial charge in [0.1, 0.15) is 17.8 Å². The summed E-state index contributed by atoms with van der Waals surface area (Å²) in [6.07, 6.45) is -5.09. The molecule has 0 spiro atoms. The van der Waals surface area contributed by atoms with E-state index in [2.05, 4.69) is 0 Å². The Labute approximate surface area is 270 Å². The minimum absolute atomic E-state index is 0.0709. The summed E-state index contributed by atoms with van der Waals surface area (Å²) in [7, 11) is 3.77. The summed E-state index contributed by atoms with van der Waals surface area (Å²) in [4.78, 5) is 22.2. The van der Waals surface area contributed by atoms with Crippen molar-refractivity contribution in [3.05, 3.63) is 0 Å². The second-order valence-corrected chi connectivity index (χ2v) is 14.9. The number of hydrogen-bond acceptors (Lipinski definition) is 11. The Morgan fingerprint density at radius 2 is 1.69 bits per heavy atom. The van der Waals surface area contributed by atoms with Gasteiger partial charge < -0.3 is 49.2 Å². The largest absolute Gasteiger partial charge is 0.459 e. The number of amidine groups is 1. The zero-order chi connectivity index (χ0) is 34.2. The summed E-state index contributed by atoms with van der Waals surface area (Å²) in [5.74, 6) is -2.60. The van der Waals surface area contributed by atoms with Gasteiger partial charge in [-0.3, -0.25) is 4.79 Å². The monoisotopic (exact) mass is 643 g/mol. The maximum Gasteiger partial charge on any atom is 0.311 e. The van der Waals surface area contributed by atoms with Crippen LogP contribution in [0.5, 0.6) is 0 Å². The van der Waals surface area contributed by atoms with E-state index in [4.69, 9.17) is 23.9 Å². The molecular weight excluding hydrogens is 582 g/mol. The number of nitrogens with zero attached hydrogens (tertiary/aromatic N) is 3. The summed E-state index contributed by atoms with van der Waals surface area (Å²) in [5.41, 5.74) is -3.08. The van der Waals surface area contributed by atoms with Crippen molar-refractivity contribution < 1.29 is 44.2 Å². The molecule has 45 heavy (non-hydrogen) atoms. The number of carbonyl (C=O) groups excluding carboxylic acids is 1. The zero-order valence-electron chi connectivity index (χ0n) is 29.5. The fourth-order valence-corrected chi connectivity index (χ4v) is 7.47. The Bertz CT molecular complexity index is 1020. The van der Waals surface area contributed by atoms with Crippen LogP contribution in [0.3, 0.4) is 0 Å². The Hall–Kier alpha value is -1.54. The fraction of sp³-hybridized carbons (Fsp3) is 0.939. The van der Waals surface area contributed by atoms with E-state index in [0.717, 1.165) is 0 Å². The van der Waals surface area contributed by atoms with Crippen molar-refractivity contribution in [3.63, 3.8) is 0 Å². The number of esters is 1. The third-order valence-corrected chi connectivity index (χ3v) is 9.97. The van der Waals surface area contributed by atoms with Gasteiger partial charge in [-0.05, 0) is 87.7 Å². The molecule has 4 N–H and O–H groups in total. The Kier molecular flexibility index (Phi) is 12.4. The molecule has 0 radical (unpaired) electrons. The molecule has 3 aliphatic rings. The van der Waals surface area contributed by atoms with Gasteiger partial charge in [0.15, 0.2) is 12.4 Å². The van der Waals surface area contributed by atoms with Gasteiger partial charge in [-0.2, -0.15) is 0 Å². The highest BCUT2D eigenvalue weighted by molar-refractivity contribution is 5.77. The first-order valence-electron chi connectivity index (χ1n) is 16.7. The van der Waals surface area contributed by atoms with Gasteiger partial charge in [0.05, 0.1) is 35.9 Å². The molecule has 3 fully saturated rings. The molecule has 0 unspecified atom stereocenters. The first-order valence-corrected chi connectivity index (χ1v) is 16.7. The first kappa shape index (κ1) is 37.9. The molecule has 262 valence electrons. The Morgan fingerprint density at radius 1 is 1.07 bits per heavy atom. The second-order valence-electron chi connectivity index (χ2n) is 14.9. The number of likely N-dealkylation sites (N-methyl/N-ethyl adjacent to an activating group) is 1. The minimum Gasteiger partial charge on any atom is -0.459 e. The number of aliphatic hydroxyl groups excluding tert-OH is 2. The van der Waals surface area contributed by atoms with Crippen molar-refractivity contribution in [3.8, 4) is 0 Å². The lowest BCUT2D eigenvalue weighted by atomic mass is 9.78. The Balaban J connectivity index is 2.07. The highest BCUT2D eigenvalue weighted by Gasteiger charge is 2.54. The molecule has 0 aromatic rings. The van der Waals surface area contributed by atoms with Crippen molar-refractivity contribution >= 4 is 12.0 Å². The predicted octanol–water partition coefficient (Wildman–Crippen LogP) is 2.15. The van der Waals surface area contributed by atoms with Crippen LogP contribution < -0.4 is 0 Å². The molecule has 0 aromatic heterocycles. The lowest BCUT2D eigenvalue weighted by Gasteiger charge is -2.46. The SMILES string of the molecule is CC[C@H]1OC(=O)[C@H](C)[C@@H](O)[C@H](C)[C@@H](O[C@@H]2O[C@H](C)C[C@H](N(C)C)[C@H]2O)[C@](C)(O)C[C@@H](C)CN2C(=NC(C)C)O[C@H]([C@H]2C)[C@]1(C)O. The molecule has 12 nitrogen and oxygen atoms in total. The molecule has 3 rings (SSSR count). The van der Waals surface area contributed by atoms with Crippen molar-refractivity contribution in [1.29, 1.82) is 0 Å². The van der Waals surface area contributed by atoms with Crippen LogP contribution in [0.4, 0.5) is 0 Å². The van der Waals surface area contributed by atoms with E-state index in [-0.39, 0.29) is 36.6 Å². The standard InChI is InChI=1S/C33H61N3O9/c1-13-24-33(10,41)28-22(8)36(31(45-28)34-17(2)3)16-18(4)15-32(9,40)27(20(6)25(37)21(7)29(39)43-24)44-30-26(38)23(35(11)12)14-19(5)42-30/h17-28,30,37-38,40-41H,13-16H2,1-12H3/t18-,19-,20+,21-,22-,23+,24-,25+,26-,27-,28-,30+,32-,33-/m1/s1. The summed E-state index contributed by atoms with van der Waals surface area (Å²) in [6.45, 7) is 18.6. The van der Waals surface area contributed by atoms with Crippen molar-refractivity contribution in [2.24, 2.45) is 22.7 Å². The van der Waals surface area contributed by atoms with E-state index < -0.39 is 65.8 Å². The number of hydrogen-bond donors (Lipinski definition) is 4. The van der Waals surface area contributed by atoms with E-state index in [1.165, 1.54) is 0 Å². The average molecular weight is 644 g/mol. The van der Waals surface area contributed by atoms with Gasteiger partial charge >= 0.3 is 5.97 Å². The lowest BCUT2D eigenvalue weighted by molar-refractivity contribution is -0.299. The zero-order valence-corrected chi connectivity index (χ0v) is 29.5. The number of cyclic esters (lactones) is 1. The number of rotatable bonds is 5. The number of carbonyl (C=O) groups is 1. The van der Waals surface area contributed by atoms with Crippen LogP contribution in [0.15, 0.2) is 4.99 Å². The molecule has 12 heteroatoms. The summed E-state index contributed by atoms with van der Waals surface area (Å²) in [6, 6.07) is -0.235. The molecule has 0 saturated carbocycles. The highest BCUT2D eigenvalue weighted by atomic mass is 16.7. The van der Waals surface area contributed by atoms with E-state index in [9.17, 15) is 25.2 Å². The summed E-state index contributed by atoms with van der Waals surface area (Å²) < 4.78 is 24.8. The van der Waals surface area contributed by atoms with Gasteiger partial charge in [0.25, 0.3) is 6.02 Å². The molecule has 3 saturated heterocycles. The van der Waals surface area contributed by atoms with E-state index >= 15 is 0 Å². The molecule has 0 aromatic carbocycles. The molecule has 0 amide bonds. The number of fused-ring (bicyclic) bond motifs is 2. The van der Waals surface area contributed by atoms with E-state index in [1.807, 2.05) is 65.4 Å². The maximum absolute atomic E-state index is 13.5. The van der Waals surface area contributed by atoms with E-state index in [1.54, 1.807) is 27.7 Å². The minimum atomic E-state index is -1.57. The van der Waals surface area contributed by atoms with Crippen molar-refractivity contribution in [1.82, 2.24) is 9.80 Å². The molecule has 2 bridgehead atoms. The summed E-state index contributed by atoms with van der Waals surface area (Å²) >= 11 is 0. The molecular formula is C33H61N3O9. The van der Waals surface area contributed by atoms with Gasteiger partial charge in [-0.1, -0.05) is 20.8 Å². The van der Waals surface area contributed by atoms with Gasteiger partial charge in [0.2, 0.25) is 0 Å².